The fourth-order valence-corrected chi connectivity index (χ4v) is 2.20. The zero-order chi connectivity index (χ0) is 12.1. The van der Waals surface area contributed by atoms with Crippen LogP contribution in [0.25, 0.3) is 0 Å². The largest absolute Gasteiger partial charge is 0.401 e. The van der Waals surface area contributed by atoms with E-state index in [4.69, 9.17) is 0 Å². The summed E-state index contributed by atoms with van der Waals surface area (Å²) in [5.41, 5.74) is 0.365. The van der Waals surface area contributed by atoms with Crippen molar-refractivity contribution in [2.45, 2.75) is 38.8 Å². The standard InChI is InChI=1S/C11H21F3N2/c1-10(4-2-3-5-10)8-15-6-7-16-9-11(12,13)14/h15-16H,2-9H2,1H3. The maximum absolute atomic E-state index is 11.8. The lowest BCUT2D eigenvalue weighted by molar-refractivity contribution is -0.124. The summed E-state index contributed by atoms with van der Waals surface area (Å²) in [7, 11) is 0. The molecule has 0 aromatic rings. The normalized spacial score (nSPS) is 20.2. The number of nitrogens with one attached hydrogen (secondary N) is 2. The van der Waals surface area contributed by atoms with E-state index in [2.05, 4.69) is 17.6 Å². The lowest BCUT2D eigenvalue weighted by atomic mass is 9.89. The van der Waals surface area contributed by atoms with E-state index in [0.29, 0.717) is 18.5 Å². The molecule has 2 N–H and O–H groups in total. The second kappa shape index (κ2) is 5.87. The average Bonchev–Trinajstić information content (AvgIpc) is 2.57. The Morgan fingerprint density at radius 1 is 1.06 bits per heavy atom. The first-order valence-corrected chi connectivity index (χ1v) is 5.90. The van der Waals surface area contributed by atoms with Gasteiger partial charge in [0, 0.05) is 19.6 Å². The van der Waals surface area contributed by atoms with Gasteiger partial charge in [-0.25, -0.2) is 0 Å². The summed E-state index contributed by atoms with van der Waals surface area (Å²) in [4.78, 5) is 0. The van der Waals surface area contributed by atoms with E-state index in [1.165, 1.54) is 25.7 Å². The predicted molar refractivity (Wildman–Crippen MR) is 58.4 cm³/mol. The summed E-state index contributed by atoms with van der Waals surface area (Å²) in [5, 5.41) is 5.60. The van der Waals surface area contributed by atoms with E-state index in [0.717, 1.165) is 6.54 Å². The molecule has 0 spiro atoms. The van der Waals surface area contributed by atoms with Crippen LogP contribution in [-0.4, -0.2) is 32.4 Å². The van der Waals surface area contributed by atoms with Crippen LogP contribution in [0.2, 0.25) is 0 Å². The molecular formula is C11H21F3N2. The Kier molecular flexibility index (Phi) is 5.05. The monoisotopic (exact) mass is 238 g/mol. The summed E-state index contributed by atoms with van der Waals surface area (Å²) >= 11 is 0. The smallest absolute Gasteiger partial charge is 0.315 e. The van der Waals surface area contributed by atoms with Crippen LogP contribution in [0.15, 0.2) is 0 Å². The second-order valence-corrected chi connectivity index (χ2v) is 4.99. The number of rotatable bonds is 6. The van der Waals surface area contributed by atoms with E-state index in [9.17, 15) is 13.2 Å². The van der Waals surface area contributed by atoms with Gasteiger partial charge in [-0.05, 0) is 18.3 Å². The average molecular weight is 238 g/mol. The molecule has 0 unspecified atom stereocenters. The second-order valence-electron chi connectivity index (χ2n) is 4.99. The lowest BCUT2D eigenvalue weighted by Gasteiger charge is -2.23. The molecule has 0 radical (unpaired) electrons. The number of halogens is 3. The van der Waals surface area contributed by atoms with Gasteiger partial charge in [0.2, 0.25) is 0 Å². The summed E-state index contributed by atoms with van der Waals surface area (Å²) in [6, 6.07) is 0. The molecule has 96 valence electrons. The van der Waals surface area contributed by atoms with Crippen LogP contribution in [0.3, 0.4) is 0 Å². The molecule has 0 aromatic heterocycles. The van der Waals surface area contributed by atoms with E-state index in [1.807, 2.05) is 0 Å². The van der Waals surface area contributed by atoms with Crippen molar-refractivity contribution in [3.8, 4) is 0 Å². The molecule has 1 rings (SSSR count). The Morgan fingerprint density at radius 2 is 1.62 bits per heavy atom. The molecule has 0 amide bonds. The highest BCUT2D eigenvalue weighted by Gasteiger charge is 2.28. The van der Waals surface area contributed by atoms with Crippen LogP contribution in [0.1, 0.15) is 32.6 Å². The minimum Gasteiger partial charge on any atom is -0.315 e. The molecule has 1 aliphatic rings. The number of hydrogen-bond donors (Lipinski definition) is 2. The molecule has 2 nitrogen and oxygen atoms in total. The van der Waals surface area contributed by atoms with Crippen LogP contribution in [0.5, 0.6) is 0 Å². The highest BCUT2D eigenvalue weighted by Crippen LogP contribution is 2.36. The zero-order valence-electron chi connectivity index (χ0n) is 9.79. The molecule has 16 heavy (non-hydrogen) atoms. The minimum atomic E-state index is -4.10. The van der Waals surface area contributed by atoms with Crippen molar-refractivity contribution in [2.75, 3.05) is 26.2 Å². The Morgan fingerprint density at radius 3 is 2.19 bits per heavy atom. The quantitative estimate of drug-likeness (QED) is 0.694. The fourth-order valence-electron chi connectivity index (χ4n) is 2.20. The van der Waals surface area contributed by atoms with Gasteiger partial charge in [0.05, 0.1) is 6.54 Å². The summed E-state index contributed by atoms with van der Waals surface area (Å²) < 4.78 is 35.4. The van der Waals surface area contributed by atoms with E-state index < -0.39 is 12.7 Å². The van der Waals surface area contributed by atoms with Gasteiger partial charge in [0.15, 0.2) is 0 Å². The van der Waals surface area contributed by atoms with Gasteiger partial charge in [0.1, 0.15) is 0 Å². The van der Waals surface area contributed by atoms with Crippen molar-refractivity contribution < 1.29 is 13.2 Å². The van der Waals surface area contributed by atoms with Gasteiger partial charge in [-0.3, -0.25) is 0 Å². The van der Waals surface area contributed by atoms with Crippen molar-refractivity contribution in [2.24, 2.45) is 5.41 Å². The first-order valence-electron chi connectivity index (χ1n) is 5.90. The van der Waals surface area contributed by atoms with Gasteiger partial charge in [-0.2, -0.15) is 13.2 Å². The molecular weight excluding hydrogens is 217 g/mol. The van der Waals surface area contributed by atoms with Crippen molar-refractivity contribution in [3.05, 3.63) is 0 Å². The Balaban J connectivity index is 1.96. The molecule has 5 heteroatoms. The molecule has 1 saturated carbocycles. The minimum absolute atomic E-state index is 0.365. The molecule has 0 aliphatic heterocycles. The van der Waals surface area contributed by atoms with E-state index in [-0.39, 0.29) is 0 Å². The molecule has 0 saturated heterocycles. The van der Waals surface area contributed by atoms with E-state index in [1.54, 1.807) is 0 Å². The summed E-state index contributed by atoms with van der Waals surface area (Å²) in [5.74, 6) is 0. The van der Waals surface area contributed by atoms with Crippen molar-refractivity contribution in [1.29, 1.82) is 0 Å². The Hall–Kier alpha value is -0.290. The molecule has 1 aliphatic carbocycles. The molecule has 0 atom stereocenters. The van der Waals surface area contributed by atoms with Gasteiger partial charge in [-0.15, -0.1) is 0 Å². The van der Waals surface area contributed by atoms with Crippen molar-refractivity contribution >= 4 is 0 Å². The number of hydrogen-bond acceptors (Lipinski definition) is 2. The van der Waals surface area contributed by atoms with Gasteiger partial charge in [-0.1, -0.05) is 19.8 Å². The maximum Gasteiger partial charge on any atom is 0.401 e. The Labute approximate surface area is 95.0 Å². The Bertz CT molecular complexity index is 198. The zero-order valence-corrected chi connectivity index (χ0v) is 9.79. The maximum atomic E-state index is 11.8. The highest BCUT2D eigenvalue weighted by atomic mass is 19.4. The number of alkyl halides is 3. The van der Waals surface area contributed by atoms with Gasteiger partial charge in [0.25, 0.3) is 0 Å². The van der Waals surface area contributed by atoms with Crippen molar-refractivity contribution in [3.63, 3.8) is 0 Å². The molecule has 1 fully saturated rings. The molecule has 0 aromatic carbocycles. The molecule has 0 bridgehead atoms. The van der Waals surface area contributed by atoms with Gasteiger partial charge < -0.3 is 10.6 Å². The van der Waals surface area contributed by atoms with Gasteiger partial charge >= 0.3 is 6.18 Å². The first kappa shape index (κ1) is 13.8. The highest BCUT2D eigenvalue weighted by molar-refractivity contribution is 4.82. The van der Waals surface area contributed by atoms with Crippen LogP contribution in [0, 0.1) is 5.41 Å². The third kappa shape index (κ3) is 5.70. The predicted octanol–water partition coefficient (Wildman–Crippen LogP) is 2.31. The summed E-state index contributed by atoms with van der Waals surface area (Å²) in [6.07, 6.45) is 0.929. The van der Waals surface area contributed by atoms with Crippen LogP contribution < -0.4 is 10.6 Å². The third-order valence-electron chi connectivity index (χ3n) is 3.17. The lowest BCUT2D eigenvalue weighted by Crippen LogP contribution is -2.37. The fraction of sp³-hybridized carbons (Fsp3) is 1.00. The molecule has 0 heterocycles. The SMILES string of the molecule is CC1(CNCCNCC(F)(F)F)CCCC1. The van der Waals surface area contributed by atoms with Crippen molar-refractivity contribution in [1.82, 2.24) is 10.6 Å². The summed E-state index contributed by atoms with van der Waals surface area (Å²) in [6.45, 7) is 3.24. The first-order chi connectivity index (χ1) is 7.41. The van der Waals surface area contributed by atoms with Crippen LogP contribution in [-0.2, 0) is 0 Å². The third-order valence-corrected chi connectivity index (χ3v) is 3.17. The topological polar surface area (TPSA) is 24.1 Å². The van der Waals surface area contributed by atoms with E-state index >= 15 is 0 Å². The van der Waals surface area contributed by atoms with Crippen LogP contribution in [0.4, 0.5) is 13.2 Å². The van der Waals surface area contributed by atoms with Crippen LogP contribution >= 0.6 is 0 Å².